The molecule has 7 nitrogen and oxygen atoms in total. The highest BCUT2D eigenvalue weighted by Crippen LogP contribution is 2.25. The van der Waals surface area contributed by atoms with Crippen LogP contribution in [0.15, 0.2) is 36.4 Å². The molecule has 1 fully saturated rings. The van der Waals surface area contributed by atoms with Crippen molar-refractivity contribution in [3.05, 3.63) is 58.4 Å². The highest BCUT2D eigenvalue weighted by atomic mass is 35.5. The molecule has 0 aliphatic carbocycles. The number of anilines is 1. The van der Waals surface area contributed by atoms with Crippen molar-refractivity contribution >= 4 is 51.3 Å². The number of hydrogen-bond acceptors (Lipinski definition) is 4. The third kappa shape index (κ3) is 4.16. The Morgan fingerprint density at radius 1 is 1.33 bits per heavy atom. The molecule has 1 unspecified atom stereocenters. The van der Waals surface area contributed by atoms with E-state index < -0.39 is 11.2 Å². The molecule has 0 bridgehead atoms. The third-order valence-electron chi connectivity index (χ3n) is 5.10. The van der Waals surface area contributed by atoms with Gasteiger partial charge in [-0.25, -0.2) is 4.98 Å². The number of carbonyl (C=O) groups excluding carboxylic acids is 2. The fourth-order valence-electron chi connectivity index (χ4n) is 3.51. The molecular formula is C21H21ClN4O3S. The SMILES string of the molecule is Cc1cc(C(=O)N[C@@H](C)c2nc3cc(Cl)ccc3[nH]2)ccc1N1CC[S+]([O-])CC1=O. The van der Waals surface area contributed by atoms with E-state index in [-0.39, 0.29) is 23.6 Å². The minimum absolute atomic E-state index is 0.0436. The number of imidazole rings is 1. The van der Waals surface area contributed by atoms with Crippen LogP contribution in [0.4, 0.5) is 5.69 Å². The third-order valence-corrected chi connectivity index (χ3v) is 6.54. The maximum absolute atomic E-state index is 12.8. The number of fused-ring (bicyclic) bond motifs is 1. The standard InChI is InChI=1S/C21H21ClN4O3S/c1-12-9-14(3-6-18(12)26-7-8-30(29)11-19(26)27)21(28)23-13(2)20-24-16-5-4-15(22)10-17(16)25-20/h3-6,9-10,13H,7-8,11H2,1-2H3,(H,23,28)(H,24,25)/t13-,30?/m0/s1. The van der Waals surface area contributed by atoms with Gasteiger partial charge in [0.25, 0.3) is 11.8 Å². The Hall–Kier alpha value is -2.55. The quantitative estimate of drug-likeness (QED) is 0.603. The number of aromatic amines is 1. The lowest BCUT2D eigenvalue weighted by atomic mass is 10.1. The molecule has 0 spiro atoms. The first kappa shape index (κ1) is 20.7. The topological polar surface area (TPSA) is 101 Å². The molecule has 4 rings (SSSR count). The van der Waals surface area contributed by atoms with Gasteiger partial charge in [-0.3, -0.25) is 9.59 Å². The van der Waals surface area contributed by atoms with Gasteiger partial charge in [-0.1, -0.05) is 11.6 Å². The highest BCUT2D eigenvalue weighted by molar-refractivity contribution is 7.92. The van der Waals surface area contributed by atoms with Crippen molar-refractivity contribution in [3.63, 3.8) is 0 Å². The number of hydrogen-bond donors (Lipinski definition) is 2. The van der Waals surface area contributed by atoms with Crippen LogP contribution in [0.25, 0.3) is 11.0 Å². The summed E-state index contributed by atoms with van der Waals surface area (Å²) in [7, 11) is 0. The molecule has 2 aromatic carbocycles. The Labute approximate surface area is 182 Å². The van der Waals surface area contributed by atoms with Gasteiger partial charge in [0.05, 0.1) is 23.6 Å². The van der Waals surface area contributed by atoms with Crippen molar-refractivity contribution in [2.75, 3.05) is 23.0 Å². The molecule has 1 aromatic heterocycles. The van der Waals surface area contributed by atoms with Crippen molar-refractivity contribution in [1.29, 1.82) is 0 Å². The summed E-state index contributed by atoms with van der Waals surface area (Å²) in [4.78, 5) is 34.3. The van der Waals surface area contributed by atoms with E-state index in [4.69, 9.17) is 11.6 Å². The molecule has 3 aromatic rings. The average Bonchev–Trinajstić information content (AvgIpc) is 3.12. The molecular weight excluding hydrogens is 424 g/mol. The van der Waals surface area contributed by atoms with Crippen molar-refractivity contribution in [2.45, 2.75) is 19.9 Å². The first-order valence-electron chi connectivity index (χ1n) is 9.54. The molecule has 9 heteroatoms. The van der Waals surface area contributed by atoms with Crippen molar-refractivity contribution < 1.29 is 14.1 Å². The van der Waals surface area contributed by atoms with Crippen LogP contribution < -0.4 is 10.2 Å². The average molecular weight is 445 g/mol. The molecule has 2 amide bonds. The summed E-state index contributed by atoms with van der Waals surface area (Å²) in [6.45, 7) is 4.13. The van der Waals surface area contributed by atoms with Gasteiger partial charge < -0.3 is 19.8 Å². The van der Waals surface area contributed by atoms with Crippen molar-refractivity contribution in [3.8, 4) is 0 Å². The van der Waals surface area contributed by atoms with E-state index in [2.05, 4.69) is 15.3 Å². The summed E-state index contributed by atoms with van der Waals surface area (Å²) in [6, 6.07) is 10.3. The molecule has 156 valence electrons. The van der Waals surface area contributed by atoms with Gasteiger partial charge in [-0.2, -0.15) is 0 Å². The second kappa shape index (κ2) is 8.29. The summed E-state index contributed by atoms with van der Waals surface area (Å²) in [5, 5.41) is 3.55. The summed E-state index contributed by atoms with van der Waals surface area (Å²) >= 11 is 4.92. The number of rotatable bonds is 4. The summed E-state index contributed by atoms with van der Waals surface area (Å²) in [6.07, 6.45) is 0. The van der Waals surface area contributed by atoms with Crippen LogP contribution in [0, 0.1) is 6.92 Å². The first-order valence-corrected chi connectivity index (χ1v) is 11.4. The molecule has 0 saturated carbocycles. The molecule has 2 heterocycles. The maximum Gasteiger partial charge on any atom is 0.277 e. The van der Waals surface area contributed by atoms with E-state index in [0.29, 0.717) is 28.7 Å². The first-order chi connectivity index (χ1) is 14.3. The number of aryl methyl sites for hydroxylation is 1. The number of H-pyrrole nitrogens is 1. The predicted octanol–water partition coefficient (Wildman–Crippen LogP) is 3.11. The molecule has 30 heavy (non-hydrogen) atoms. The predicted molar refractivity (Wildman–Crippen MR) is 118 cm³/mol. The number of nitrogens with one attached hydrogen (secondary N) is 2. The molecule has 2 N–H and O–H groups in total. The van der Waals surface area contributed by atoms with Gasteiger partial charge in [0.15, 0.2) is 5.75 Å². The van der Waals surface area contributed by atoms with E-state index in [1.165, 1.54) is 0 Å². The molecule has 1 aliphatic rings. The Morgan fingerprint density at radius 2 is 2.13 bits per heavy atom. The van der Waals surface area contributed by atoms with E-state index in [9.17, 15) is 14.1 Å². The zero-order valence-corrected chi connectivity index (χ0v) is 18.1. The van der Waals surface area contributed by atoms with E-state index in [1.807, 2.05) is 19.9 Å². The van der Waals surface area contributed by atoms with Crippen molar-refractivity contribution in [1.82, 2.24) is 15.3 Å². The Morgan fingerprint density at radius 3 is 2.87 bits per heavy atom. The van der Waals surface area contributed by atoms with E-state index >= 15 is 0 Å². The Bertz CT molecular complexity index is 1130. The minimum atomic E-state index is -1.09. The van der Waals surface area contributed by atoms with Gasteiger partial charge in [-0.15, -0.1) is 0 Å². The van der Waals surface area contributed by atoms with Gasteiger partial charge in [0.1, 0.15) is 11.6 Å². The maximum atomic E-state index is 12.8. The fourth-order valence-corrected chi connectivity index (χ4v) is 4.64. The number of aromatic nitrogens is 2. The summed E-state index contributed by atoms with van der Waals surface area (Å²) in [5.41, 5.74) is 3.65. The van der Waals surface area contributed by atoms with Crippen LogP contribution in [0.3, 0.4) is 0 Å². The van der Waals surface area contributed by atoms with Crippen LogP contribution >= 0.6 is 11.6 Å². The highest BCUT2D eigenvalue weighted by Gasteiger charge is 2.29. The minimum Gasteiger partial charge on any atom is -0.616 e. The smallest absolute Gasteiger partial charge is 0.277 e. The zero-order valence-electron chi connectivity index (χ0n) is 16.6. The summed E-state index contributed by atoms with van der Waals surface area (Å²) < 4.78 is 11.6. The lowest BCUT2D eigenvalue weighted by Crippen LogP contribution is -2.45. The van der Waals surface area contributed by atoms with Crippen LogP contribution in [0.1, 0.15) is 34.7 Å². The number of nitrogens with zero attached hydrogens (tertiary/aromatic N) is 2. The second-order valence-electron chi connectivity index (χ2n) is 7.31. The largest absolute Gasteiger partial charge is 0.616 e. The Kier molecular flexibility index (Phi) is 5.73. The van der Waals surface area contributed by atoms with Gasteiger partial charge in [-0.05, 0) is 67.0 Å². The van der Waals surface area contributed by atoms with Gasteiger partial charge in [0, 0.05) is 16.3 Å². The number of carbonyl (C=O) groups is 2. The monoisotopic (exact) mass is 444 g/mol. The molecule has 1 saturated heterocycles. The molecule has 0 radical (unpaired) electrons. The fraction of sp³-hybridized carbons (Fsp3) is 0.286. The van der Waals surface area contributed by atoms with Crippen LogP contribution in [0.2, 0.25) is 5.02 Å². The Balaban J connectivity index is 1.49. The normalized spacial score (nSPS) is 17.9. The lowest BCUT2D eigenvalue weighted by Gasteiger charge is -2.29. The van der Waals surface area contributed by atoms with Crippen LogP contribution in [0.5, 0.6) is 0 Å². The van der Waals surface area contributed by atoms with Gasteiger partial charge in [0.2, 0.25) is 0 Å². The van der Waals surface area contributed by atoms with Crippen molar-refractivity contribution in [2.24, 2.45) is 0 Å². The number of amides is 2. The number of halogens is 1. The second-order valence-corrected chi connectivity index (χ2v) is 9.33. The van der Waals surface area contributed by atoms with Crippen LogP contribution in [-0.2, 0) is 16.0 Å². The van der Waals surface area contributed by atoms with E-state index in [1.54, 1.807) is 35.2 Å². The van der Waals surface area contributed by atoms with Crippen LogP contribution in [-0.4, -0.2) is 44.4 Å². The molecule has 2 atom stereocenters. The summed E-state index contributed by atoms with van der Waals surface area (Å²) in [5.74, 6) is 0.760. The zero-order chi connectivity index (χ0) is 21.4. The number of benzene rings is 2. The molecule has 1 aliphatic heterocycles. The van der Waals surface area contributed by atoms with E-state index in [0.717, 1.165) is 22.3 Å². The lowest BCUT2D eigenvalue weighted by molar-refractivity contribution is -0.116. The van der Waals surface area contributed by atoms with Gasteiger partial charge >= 0.3 is 0 Å².